The lowest BCUT2D eigenvalue weighted by atomic mass is 9.83. The number of amides is 1. The Bertz CT molecular complexity index is 846. The second-order valence-corrected chi connectivity index (χ2v) is 7.66. The molecule has 4 rings (SSSR count). The lowest BCUT2D eigenvalue weighted by molar-refractivity contribution is 0.0481. The lowest BCUT2D eigenvalue weighted by Gasteiger charge is -2.44. The molecular formula is C24H27NO3. The van der Waals surface area contributed by atoms with Crippen molar-refractivity contribution >= 4 is 6.09 Å². The van der Waals surface area contributed by atoms with Gasteiger partial charge in [-0.25, -0.2) is 4.79 Å². The molecule has 0 spiro atoms. The van der Waals surface area contributed by atoms with Crippen LogP contribution in [0.5, 0.6) is 5.75 Å². The minimum Gasteiger partial charge on any atom is -0.497 e. The third-order valence-corrected chi connectivity index (χ3v) is 5.70. The Morgan fingerprint density at radius 3 is 2.68 bits per heavy atom. The predicted octanol–water partition coefficient (Wildman–Crippen LogP) is 5.13. The minimum absolute atomic E-state index is 0.149. The first-order valence-corrected chi connectivity index (χ1v) is 10.0. The summed E-state index contributed by atoms with van der Waals surface area (Å²) in [6.07, 6.45) is 7.17. The van der Waals surface area contributed by atoms with Crippen molar-refractivity contribution in [1.29, 1.82) is 0 Å². The van der Waals surface area contributed by atoms with Gasteiger partial charge in [0.25, 0.3) is 0 Å². The first-order chi connectivity index (χ1) is 13.7. The van der Waals surface area contributed by atoms with Crippen molar-refractivity contribution in [2.75, 3.05) is 7.11 Å². The molecule has 1 saturated heterocycles. The van der Waals surface area contributed by atoms with Gasteiger partial charge in [-0.15, -0.1) is 0 Å². The van der Waals surface area contributed by atoms with Crippen LogP contribution in [-0.4, -0.2) is 30.2 Å². The van der Waals surface area contributed by atoms with Crippen LogP contribution in [0.3, 0.4) is 0 Å². The molecule has 4 nitrogen and oxygen atoms in total. The maximum absolute atomic E-state index is 12.8. The molecule has 2 aromatic rings. The van der Waals surface area contributed by atoms with E-state index in [1.165, 1.54) is 17.6 Å². The summed E-state index contributed by atoms with van der Waals surface area (Å²) < 4.78 is 11.0. The van der Waals surface area contributed by atoms with Crippen LogP contribution in [-0.2, 0) is 17.8 Å². The Morgan fingerprint density at radius 2 is 1.89 bits per heavy atom. The maximum Gasteiger partial charge on any atom is 0.410 e. The number of nitrogens with zero attached hydrogens (tertiary/aromatic N) is 1. The second kappa shape index (κ2) is 8.51. The molecule has 2 unspecified atom stereocenters. The predicted molar refractivity (Wildman–Crippen MR) is 109 cm³/mol. The van der Waals surface area contributed by atoms with Crippen LogP contribution in [0.15, 0.2) is 66.2 Å². The quantitative estimate of drug-likeness (QED) is 0.678. The van der Waals surface area contributed by atoms with Crippen molar-refractivity contribution in [2.45, 2.75) is 50.8 Å². The first kappa shape index (κ1) is 18.6. The molecule has 2 atom stereocenters. The summed E-state index contributed by atoms with van der Waals surface area (Å²) in [4.78, 5) is 14.8. The summed E-state index contributed by atoms with van der Waals surface area (Å²) in [6, 6.07) is 18.5. The largest absolute Gasteiger partial charge is 0.497 e. The van der Waals surface area contributed by atoms with E-state index in [2.05, 4.69) is 18.2 Å². The van der Waals surface area contributed by atoms with E-state index in [4.69, 9.17) is 9.47 Å². The Hall–Kier alpha value is -2.75. The van der Waals surface area contributed by atoms with Crippen LogP contribution in [0.1, 0.15) is 36.8 Å². The molecule has 0 saturated carbocycles. The Kier molecular flexibility index (Phi) is 5.65. The third-order valence-electron chi connectivity index (χ3n) is 5.70. The number of rotatable bonds is 5. The molecule has 2 heterocycles. The fourth-order valence-corrected chi connectivity index (χ4v) is 4.37. The van der Waals surface area contributed by atoms with Gasteiger partial charge in [0.1, 0.15) is 12.4 Å². The van der Waals surface area contributed by atoms with Gasteiger partial charge in [-0.2, -0.15) is 0 Å². The molecule has 1 amide bonds. The Morgan fingerprint density at radius 1 is 1.07 bits per heavy atom. The van der Waals surface area contributed by atoms with Crippen LogP contribution in [0.2, 0.25) is 0 Å². The smallest absolute Gasteiger partial charge is 0.410 e. The molecule has 0 radical (unpaired) electrons. The molecule has 2 bridgehead atoms. The molecule has 2 aliphatic heterocycles. The van der Waals surface area contributed by atoms with E-state index in [0.717, 1.165) is 37.0 Å². The van der Waals surface area contributed by atoms with Crippen molar-refractivity contribution in [3.05, 3.63) is 77.4 Å². The number of hydrogen-bond acceptors (Lipinski definition) is 3. The summed E-state index contributed by atoms with van der Waals surface area (Å²) in [5, 5.41) is 0. The summed E-state index contributed by atoms with van der Waals surface area (Å²) in [5.41, 5.74) is 3.69. The average Bonchev–Trinajstić information content (AvgIpc) is 2.72. The van der Waals surface area contributed by atoms with Crippen molar-refractivity contribution < 1.29 is 14.3 Å². The summed E-state index contributed by atoms with van der Waals surface area (Å²) in [6.45, 7) is 0.329. The van der Waals surface area contributed by atoms with E-state index in [9.17, 15) is 4.79 Å². The number of benzene rings is 2. The van der Waals surface area contributed by atoms with Gasteiger partial charge in [0, 0.05) is 6.04 Å². The van der Waals surface area contributed by atoms with Gasteiger partial charge in [0.2, 0.25) is 0 Å². The Labute approximate surface area is 166 Å². The highest BCUT2D eigenvalue weighted by Crippen LogP contribution is 2.35. The van der Waals surface area contributed by atoms with Gasteiger partial charge in [0.15, 0.2) is 0 Å². The highest BCUT2D eigenvalue weighted by Gasteiger charge is 2.37. The van der Waals surface area contributed by atoms with Crippen molar-refractivity contribution in [2.24, 2.45) is 0 Å². The van der Waals surface area contributed by atoms with Crippen molar-refractivity contribution in [3.8, 4) is 5.75 Å². The molecule has 28 heavy (non-hydrogen) atoms. The van der Waals surface area contributed by atoms with Crippen molar-refractivity contribution in [1.82, 2.24) is 4.90 Å². The number of fused-ring (bicyclic) bond motifs is 2. The topological polar surface area (TPSA) is 38.8 Å². The summed E-state index contributed by atoms with van der Waals surface area (Å²) in [5.74, 6) is 0.889. The van der Waals surface area contributed by atoms with E-state index < -0.39 is 0 Å². The van der Waals surface area contributed by atoms with E-state index in [0.29, 0.717) is 6.61 Å². The van der Waals surface area contributed by atoms with Crippen LogP contribution in [0.25, 0.3) is 0 Å². The Balaban J connectivity index is 1.44. The van der Waals surface area contributed by atoms with Gasteiger partial charge in [-0.1, -0.05) is 54.1 Å². The van der Waals surface area contributed by atoms with Gasteiger partial charge < -0.3 is 9.47 Å². The molecule has 146 valence electrons. The zero-order chi connectivity index (χ0) is 19.3. The minimum atomic E-state index is -0.185. The number of hydrogen-bond donors (Lipinski definition) is 0. The zero-order valence-corrected chi connectivity index (χ0v) is 16.3. The van der Waals surface area contributed by atoms with E-state index in [-0.39, 0.29) is 18.2 Å². The fourth-order valence-electron chi connectivity index (χ4n) is 4.37. The van der Waals surface area contributed by atoms with Crippen molar-refractivity contribution in [3.63, 3.8) is 0 Å². The number of carbonyl (C=O) groups excluding carboxylic acids is 1. The third kappa shape index (κ3) is 4.22. The zero-order valence-electron chi connectivity index (χ0n) is 16.3. The maximum atomic E-state index is 12.8. The summed E-state index contributed by atoms with van der Waals surface area (Å²) >= 11 is 0. The highest BCUT2D eigenvalue weighted by atomic mass is 16.6. The molecule has 4 heteroatoms. The number of ether oxygens (including phenoxy) is 2. The highest BCUT2D eigenvalue weighted by molar-refractivity contribution is 5.69. The van der Waals surface area contributed by atoms with Crippen LogP contribution < -0.4 is 4.74 Å². The van der Waals surface area contributed by atoms with Gasteiger partial charge >= 0.3 is 6.09 Å². The fraction of sp³-hybridized carbons (Fsp3) is 0.375. The molecule has 0 N–H and O–H groups in total. The number of carbonyl (C=O) groups is 1. The standard InChI is InChI=1S/C24H27NO3/c1-27-23-12-5-9-19(16-23)13-20-14-21-10-6-11-22(15-20)25(21)24(26)28-17-18-7-3-2-4-8-18/h2-5,7-9,12,14,16,21-22H,6,10-11,13,15,17H2,1H3. The van der Waals surface area contributed by atoms with Crippen LogP contribution >= 0.6 is 0 Å². The summed E-state index contributed by atoms with van der Waals surface area (Å²) in [7, 11) is 1.70. The molecular weight excluding hydrogens is 350 g/mol. The number of piperidine rings is 1. The molecule has 2 aliphatic rings. The molecule has 0 aliphatic carbocycles. The molecule has 0 aromatic heterocycles. The monoisotopic (exact) mass is 377 g/mol. The van der Waals surface area contributed by atoms with Crippen LogP contribution in [0, 0.1) is 0 Å². The van der Waals surface area contributed by atoms with E-state index >= 15 is 0 Å². The lowest BCUT2D eigenvalue weighted by Crippen LogP contribution is -2.52. The number of methoxy groups -OCH3 is 1. The SMILES string of the molecule is COc1cccc(CC2=CC3CCCC(C2)N3C(=O)OCc2ccccc2)c1. The van der Waals surface area contributed by atoms with Gasteiger partial charge in [-0.3, -0.25) is 4.90 Å². The van der Waals surface area contributed by atoms with E-state index in [1.807, 2.05) is 47.4 Å². The molecule has 2 aromatic carbocycles. The normalized spacial score (nSPS) is 21.0. The average molecular weight is 377 g/mol. The molecule has 1 fully saturated rings. The van der Waals surface area contributed by atoms with Crippen LogP contribution in [0.4, 0.5) is 4.79 Å². The van der Waals surface area contributed by atoms with E-state index in [1.54, 1.807) is 7.11 Å². The van der Waals surface area contributed by atoms with Gasteiger partial charge in [0.05, 0.1) is 13.2 Å². The van der Waals surface area contributed by atoms with Gasteiger partial charge in [-0.05, 0) is 55.4 Å². The first-order valence-electron chi connectivity index (χ1n) is 10.0. The second-order valence-electron chi connectivity index (χ2n) is 7.66.